The summed E-state index contributed by atoms with van der Waals surface area (Å²) >= 11 is 0. The third-order valence-electron chi connectivity index (χ3n) is 3.04. The molecule has 1 rings (SSSR count). The second-order valence-electron chi connectivity index (χ2n) is 5.37. The van der Waals surface area contributed by atoms with Crippen molar-refractivity contribution in [3.8, 4) is 11.5 Å². The van der Waals surface area contributed by atoms with Crippen LogP contribution in [0.25, 0.3) is 0 Å². The van der Waals surface area contributed by atoms with E-state index in [0.717, 1.165) is 5.56 Å². The Kier molecular flexibility index (Phi) is 7.22. The van der Waals surface area contributed by atoms with Crippen LogP contribution in [0.2, 0.25) is 0 Å². The Bertz CT molecular complexity index is 515. The van der Waals surface area contributed by atoms with Gasteiger partial charge in [-0.3, -0.25) is 20.4 Å². The molecule has 6 heteroatoms. The summed E-state index contributed by atoms with van der Waals surface area (Å²) in [5, 5.41) is 0. The highest BCUT2D eigenvalue weighted by Gasteiger charge is 2.10. The number of methoxy groups -OCH3 is 2. The van der Waals surface area contributed by atoms with Crippen LogP contribution >= 0.6 is 0 Å². The smallest absolute Gasteiger partial charge is 0.238 e. The summed E-state index contributed by atoms with van der Waals surface area (Å²) in [6.45, 7) is 3.88. The first kappa shape index (κ1) is 17.8. The minimum atomic E-state index is -0.248. The largest absolute Gasteiger partial charge is 0.497 e. The summed E-state index contributed by atoms with van der Waals surface area (Å²) in [4.78, 5) is 23.2. The molecule has 0 aliphatic heterocycles. The van der Waals surface area contributed by atoms with Gasteiger partial charge in [-0.1, -0.05) is 13.8 Å². The molecule has 122 valence electrons. The van der Waals surface area contributed by atoms with Crippen molar-refractivity contribution in [2.75, 3.05) is 14.2 Å². The number of amides is 2. The number of carbonyl (C=O) groups excluding carboxylic acids is 2. The maximum Gasteiger partial charge on any atom is 0.238 e. The number of aryl methyl sites for hydroxylation is 1. The molecular formula is C16H24N2O4. The van der Waals surface area contributed by atoms with Gasteiger partial charge >= 0.3 is 0 Å². The van der Waals surface area contributed by atoms with Crippen molar-refractivity contribution in [1.29, 1.82) is 0 Å². The van der Waals surface area contributed by atoms with Gasteiger partial charge in [0.05, 0.1) is 14.2 Å². The molecule has 2 amide bonds. The van der Waals surface area contributed by atoms with Crippen LogP contribution in [0.4, 0.5) is 0 Å². The van der Waals surface area contributed by atoms with Crippen LogP contribution in [0.3, 0.4) is 0 Å². The van der Waals surface area contributed by atoms with E-state index in [9.17, 15) is 9.59 Å². The number of nitrogens with one attached hydrogen (secondary N) is 2. The second kappa shape index (κ2) is 8.92. The standard InChI is InChI=1S/C16H24N2O4/c1-11(2)9-16(20)18-17-15(19)8-5-12-10-13(21-3)6-7-14(12)22-4/h6-7,10-11H,5,8-9H2,1-4H3,(H,17,19)(H,18,20). The maximum atomic E-state index is 11.8. The summed E-state index contributed by atoms with van der Waals surface area (Å²) in [6, 6.07) is 5.44. The molecule has 6 nitrogen and oxygen atoms in total. The zero-order valence-electron chi connectivity index (χ0n) is 13.6. The molecule has 1 aromatic carbocycles. The first-order valence-electron chi connectivity index (χ1n) is 7.24. The van der Waals surface area contributed by atoms with E-state index >= 15 is 0 Å². The fourth-order valence-corrected chi connectivity index (χ4v) is 1.95. The van der Waals surface area contributed by atoms with E-state index in [4.69, 9.17) is 9.47 Å². The zero-order chi connectivity index (χ0) is 16.5. The third-order valence-corrected chi connectivity index (χ3v) is 3.04. The molecule has 22 heavy (non-hydrogen) atoms. The molecule has 0 heterocycles. The molecule has 1 aromatic rings. The van der Waals surface area contributed by atoms with Crippen LogP contribution < -0.4 is 20.3 Å². The molecule has 2 N–H and O–H groups in total. The Morgan fingerprint density at radius 3 is 2.36 bits per heavy atom. The van der Waals surface area contributed by atoms with Crippen molar-refractivity contribution in [2.24, 2.45) is 5.92 Å². The molecule has 0 atom stereocenters. The van der Waals surface area contributed by atoms with Gasteiger partial charge in [-0.15, -0.1) is 0 Å². The van der Waals surface area contributed by atoms with E-state index in [1.807, 2.05) is 19.9 Å². The first-order chi connectivity index (χ1) is 10.5. The van der Waals surface area contributed by atoms with Gasteiger partial charge in [0.15, 0.2) is 0 Å². The van der Waals surface area contributed by atoms with Crippen LogP contribution in [-0.2, 0) is 16.0 Å². The van der Waals surface area contributed by atoms with E-state index in [1.54, 1.807) is 26.4 Å². The van der Waals surface area contributed by atoms with Crippen molar-refractivity contribution in [3.63, 3.8) is 0 Å². The number of hydrogen-bond acceptors (Lipinski definition) is 4. The molecule has 0 radical (unpaired) electrons. The highest BCUT2D eigenvalue weighted by atomic mass is 16.5. The first-order valence-corrected chi connectivity index (χ1v) is 7.24. The van der Waals surface area contributed by atoms with Gasteiger partial charge in [0.1, 0.15) is 11.5 Å². The molecule has 0 fully saturated rings. The van der Waals surface area contributed by atoms with Gasteiger partial charge in [-0.25, -0.2) is 0 Å². The predicted molar refractivity (Wildman–Crippen MR) is 83.6 cm³/mol. The lowest BCUT2D eigenvalue weighted by Gasteiger charge is -2.11. The van der Waals surface area contributed by atoms with Crippen LogP contribution in [-0.4, -0.2) is 26.0 Å². The zero-order valence-corrected chi connectivity index (χ0v) is 13.6. The monoisotopic (exact) mass is 308 g/mol. The summed E-state index contributed by atoms with van der Waals surface area (Å²) in [5.41, 5.74) is 5.70. The normalized spacial score (nSPS) is 10.2. The third kappa shape index (κ3) is 6.03. The lowest BCUT2D eigenvalue weighted by Crippen LogP contribution is -2.42. The molecule has 0 aromatic heterocycles. The Labute approximate surface area is 131 Å². The molecule has 0 spiro atoms. The lowest BCUT2D eigenvalue weighted by atomic mass is 10.1. The van der Waals surface area contributed by atoms with Gasteiger partial charge in [-0.2, -0.15) is 0 Å². The molecular weight excluding hydrogens is 284 g/mol. The van der Waals surface area contributed by atoms with Gasteiger partial charge in [-0.05, 0) is 36.1 Å². The van der Waals surface area contributed by atoms with Crippen LogP contribution in [0.5, 0.6) is 11.5 Å². The van der Waals surface area contributed by atoms with E-state index in [1.165, 1.54) is 0 Å². The molecule has 0 aliphatic carbocycles. The van der Waals surface area contributed by atoms with Crippen LogP contribution in [0.1, 0.15) is 32.3 Å². The summed E-state index contributed by atoms with van der Waals surface area (Å²) in [5.74, 6) is 1.22. The van der Waals surface area contributed by atoms with Crippen LogP contribution in [0, 0.1) is 5.92 Å². The highest BCUT2D eigenvalue weighted by molar-refractivity contribution is 5.82. The number of hydrogen-bond donors (Lipinski definition) is 2. The average Bonchev–Trinajstić information content (AvgIpc) is 2.49. The number of ether oxygens (including phenoxy) is 2. The predicted octanol–water partition coefficient (Wildman–Crippen LogP) is 1.83. The molecule has 0 saturated heterocycles. The van der Waals surface area contributed by atoms with Crippen molar-refractivity contribution >= 4 is 11.8 Å². The molecule has 0 bridgehead atoms. The van der Waals surface area contributed by atoms with E-state index in [0.29, 0.717) is 24.3 Å². The van der Waals surface area contributed by atoms with Crippen molar-refractivity contribution < 1.29 is 19.1 Å². The molecule has 0 aliphatic rings. The van der Waals surface area contributed by atoms with Gasteiger partial charge in [0.25, 0.3) is 0 Å². The summed E-state index contributed by atoms with van der Waals surface area (Å²) in [6.07, 6.45) is 1.11. The second-order valence-corrected chi connectivity index (χ2v) is 5.37. The highest BCUT2D eigenvalue weighted by Crippen LogP contribution is 2.24. The number of rotatable bonds is 7. The minimum absolute atomic E-state index is 0.192. The quantitative estimate of drug-likeness (QED) is 0.753. The topological polar surface area (TPSA) is 76.7 Å². The Balaban J connectivity index is 2.48. The van der Waals surface area contributed by atoms with E-state index in [2.05, 4.69) is 10.9 Å². The number of benzene rings is 1. The summed E-state index contributed by atoms with van der Waals surface area (Å²) in [7, 11) is 3.17. The Hall–Kier alpha value is -2.24. The average molecular weight is 308 g/mol. The fourth-order valence-electron chi connectivity index (χ4n) is 1.95. The van der Waals surface area contributed by atoms with Crippen molar-refractivity contribution in [1.82, 2.24) is 10.9 Å². The van der Waals surface area contributed by atoms with Gasteiger partial charge < -0.3 is 9.47 Å². The maximum absolute atomic E-state index is 11.8. The molecule has 0 unspecified atom stereocenters. The fraction of sp³-hybridized carbons (Fsp3) is 0.500. The molecule has 0 saturated carbocycles. The van der Waals surface area contributed by atoms with Crippen molar-refractivity contribution in [2.45, 2.75) is 33.1 Å². The summed E-state index contributed by atoms with van der Waals surface area (Å²) < 4.78 is 10.4. The SMILES string of the molecule is COc1ccc(OC)c(CCC(=O)NNC(=O)CC(C)C)c1. The minimum Gasteiger partial charge on any atom is -0.497 e. The number of hydrazine groups is 1. The Morgan fingerprint density at radius 1 is 1.09 bits per heavy atom. The Morgan fingerprint density at radius 2 is 1.77 bits per heavy atom. The number of carbonyl (C=O) groups is 2. The van der Waals surface area contributed by atoms with E-state index < -0.39 is 0 Å². The van der Waals surface area contributed by atoms with Crippen LogP contribution in [0.15, 0.2) is 18.2 Å². The van der Waals surface area contributed by atoms with Gasteiger partial charge in [0, 0.05) is 12.8 Å². The van der Waals surface area contributed by atoms with Crippen molar-refractivity contribution in [3.05, 3.63) is 23.8 Å². The van der Waals surface area contributed by atoms with Gasteiger partial charge in [0.2, 0.25) is 11.8 Å². The lowest BCUT2D eigenvalue weighted by molar-refractivity contribution is -0.129. The van der Waals surface area contributed by atoms with E-state index in [-0.39, 0.29) is 24.2 Å².